The van der Waals surface area contributed by atoms with Crippen molar-refractivity contribution in [1.82, 2.24) is 19.5 Å². The van der Waals surface area contributed by atoms with E-state index < -0.39 is 42.7 Å². The number of nitrogens with zero attached hydrogens (tertiary/aromatic N) is 4. The van der Waals surface area contributed by atoms with Crippen LogP contribution in [0.5, 0.6) is 0 Å². The van der Waals surface area contributed by atoms with Crippen LogP contribution in [0.2, 0.25) is 5.28 Å². The highest BCUT2D eigenvalue weighted by atomic mass is 35.5. The van der Waals surface area contributed by atoms with E-state index in [0.717, 1.165) is 5.56 Å². The lowest BCUT2D eigenvalue weighted by molar-refractivity contribution is -0.156. The molecular formula is C23H24ClN5O7. The average Bonchev–Trinajstić information content (AvgIpc) is 3.39. The van der Waals surface area contributed by atoms with Crippen LogP contribution in [0.4, 0.5) is 5.82 Å². The van der Waals surface area contributed by atoms with Gasteiger partial charge in [0.1, 0.15) is 12.2 Å². The number of imidazole rings is 1. The van der Waals surface area contributed by atoms with Gasteiger partial charge in [-0.2, -0.15) is 9.97 Å². The van der Waals surface area contributed by atoms with E-state index in [1.165, 1.54) is 10.9 Å². The van der Waals surface area contributed by atoms with Gasteiger partial charge in [-0.3, -0.25) is 4.57 Å². The Kier molecular flexibility index (Phi) is 7.70. The Bertz CT molecular complexity index is 1270. The van der Waals surface area contributed by atoms with Gasteiger partial charge in [-0.25, -0.2) is 9.78 Å². The van der Waals surface area contributed by atoms with Crippen molar-refractivity contribution in [1.29, 1.82) is 0 Å². The monoisotopic (exact) mass is 517 g/mol. The summed E-state index contributed by atoms with van der Waals surface area (Å²) in [6.45, 7) is -0.391. The minimum absolute atomic E-state index is 0.0779. The third-order valence-corrected chi connectivity index (χ3v) is 5.98. The molecule has 5 atom stereocenters. The summed E-state index contributed by atoms with van der Waals surface area (Å²) in [7, 11) is 0. The zero-order valence-corrected chi connectivity index (χ0v) is 19.6. The van der Waals surface area contributed by atoms with Crippen LogP contribution in [-0.2, 0) is 20.7 Å². The van der Waals surface area contributed by atoms with Crippen molar-refractivity contribution >= 4 is 34.6 Å². The number of nitrogens with one attached hydrogen (secondary N) is 1. The summed E-state index contributed by atoms with van der Waals surface area (Å²) >= 11 is 6.04. The zero-order valence-electron chi connectivity index (χ0n) is 18.9. The van der Waals surface area contributed by atoms with Gasteiger partial charge in [0.15, 0.2) is 34.9 Å². The van der Waals surface area contributed by atoms with Crippen molar-refractivity contribution in [3.63, 3.8) is 0 Å². The van der Waals surface area contributed by atoms with Gasteiger partial charge in [0.25, 0.3) is 0 Å². The number of benzene rings is 1. The molecule has 1 aromatic carbocycles. The number of rotatable bonds is 10. The summed E-state index contributed by atoms with van der Waals surface area (Å²) in [6, 6.07) is 8.91. The largest absolute Gasteiger partial charge is 0.479 e. The third kappa shape index (κ3) is 4.98. The van der Waals surface area contributed by atoms with Crippen LogP contribution in [0.1, 0.15) is 11.8 Å². The number of ether oxygens (including phenoxy) is 2. The fourth-order valence-electron chi connectivity index (χ4n) is 3.94. The molecule has 0 aliphatic carbocycles. The van der Waals surface area contributed by atoms with Crippen molar-refractivity contribution in [2.75, 3.05) is 25.1 Å². The first-order valence-electron chi connectivity index (χ1n) is 10.9. The number of carboxylic acids is 1. The van der Waals surface area contributed by atoms with Crippen LogP contribution >= 0.6 is 11.6 Å². The van der Waals surface area contributed by atoms with Gasteiger partial charge >= 0.3 is 5.97 Å². The molecule has 1 fully saturated rings. The van der Waals surface area contributed by atoms with E-state index in [-0.39, 0.29) is 41.8 Å². The lowest BCUT2D eigenvalue weighted by Gasteiger charge is -2.26. The SMILES string of the molecule is C#C[C@@]1(O)[C@@H](COC(Cc2ccccc2)C(=O)O)O[C@@H](n2cnc3c(NCCO)nc(Cl)nc32)[C@@H]1O. The average molecular weight is 518 g/mol. The Morgan fingerprint density at radius 2 is 2.11 bits per heavy atom. The minimum atomic E-state index is -2.20. The van der Waals surface area contributed by atoms with E-state index in [0.29, 0.717) is 0 Å². The molecular weight excluding hydrogens is 494 g/mol. The minimum Gasteiger partial charge on any atom is -0.479 e. The second kappa shape index (κ2) is 10.8. The van der Waals surface area contributed by atoms with Crippen LogP contribution in [-0.4, -0.2) is 89.6 Å². The predicted octanol–water partition coefficient (Wildman–Crippen LogP) is 0.219. The molecule has 0 spiro atoms. The summed E-state index contributed by atoms with van der Waals surface area (Å²) in [5, 5.41) is 43.4. The molecule has 36 heavy (non-hydrogen) atoms. The molecule has 4 rings (SSSR count). The number of anilines is 1. The van der Waals surface area contributed by atoms with E-state index in [4.69, 9.17) is 32.6 Å². The molecule has 3 aromatic rings. The smallest absolute Gasteiger partial charge is 0.333 e. The molecule has 5 N–H and O–H groups in total. The maximum atomic E-state index is 11.8. The summed E-state index contributed by atoms with van der Waals surface area (Å²) in [4.78, 5) is 24.2. The number of hydrogen-bond donors (Lipinski definition) is 5. The lowest BCUT2D eigenvalue weighted by Crippen LogP contribution is -2.48. The van der Waals surface area contributed by atoms with E-state index in [1.807, 2.05) is 6.07 Å². The van der Waals surface area contributed by atoms with E-state index >= 15 is 0 Å². The number of terminal acetylenes is 1. The first kappa shape index (κ1) is 25.8. The molecule has 13 heteroatoms. The number of aliphatic hydroxyl groups excluding tert-OH is 2. The number of aliphatic hydroxyl groups is 3. The molecule has 0 radical (unpaired) electrons. The Balaban J connectivity index is 1.57. The Morgan fingerprint density at radius 1 is 1.36 bits per heavy atom. The normalized spacial score (nSPS) is 24.5. The van der Waals surface area contributed by atoms with E-state index in [2.05, 4.69) is 26.2 Å². The lowest BCUT2D eigenvalue weighted by atomic mass is 9.93. The standard InChI is InChI=1S/C23H24ClN5O7/c1-2-23(34)15(11-35-14(21(32)33)10-13-6-4-3-5-7-13)36-20(17(23)31)29-12-26-16-18(25-8-9-30)27-22(24)28-19(16)29/h1,3-7,12,14-15,17,20,30-31,34H,8-11H2,(H,32,33)(H,25,27,28)/t14?,15-,17+,20-,23-/m1/s1. The van der Waals surface area contributed by atoms with Gasteiger partial charge in [-0.05, 0) is 17.2 Å². The number of fused-ring (bicyclic) bond motifs is 1. The van der Waals surface area contributed by atoms with Crippen molar-refractivity contribution < 1.29 is 34.7 Å². The van der Waals surface area contributed by atoms with E-state index in [9.17, 15) is 20.1 Å². The first-order chi connectivity index (χ1) is 17.3. The van der Waals surface area contributed by atoms with Gasteiger partial charge in [-0.15, -0.1) is 6.42 Å². The number of aliphatic carboxylic acids is 1. The maximum Gasteiger partial charge on any atom is 0.333 e. The molecule has 3 heterocycles. The van der Waals surface area contributed by atoms with Crippen molar-refractivity contribution in [2.45, 2.75) is 36.6 Å². The van der Waals surface area contributed by atoms with Gasteiger partial charge in [0.05, 0.1) is 19.5 Å². The molecule has 1 unspecified atom stereocenters. The topological polar surface area (TPSA) is 172 Å². The summed E-state index contributed by atoms with van der Waals surface area (Å²) in [5.74, 6) is 1.21. The Morgan fingerprint density at radius 3 is 2.78 bits per heavy atom. The summed E-state index contributed by atoms with van der Waals surface area (Å²) in [6.07, 6.45) is 1.53. The quantitative estimate of drug-likeness (QED) is 0.184. The van der Waals surface area contributed by atoms with Crippen LogP contribution in [0.3, 0.4) is 0 Å². The molecule has 0 bridgehead atoms. The molecule has 0 saturated carbocycles. The van der Waals surface area contributed by atoms with Crippen LogP contribution in [0.15, 0.2) is 36.7 Å². The fraction of sp³-hybridized carbons (Fsp3) is 0.391. The highest BCUT2D eigenvalue weighted by Gasteiger charge is 2.56. The molecule has 1 saturated heterocycles. The third-order valence-electron chi connectivity index (χ3n) is 5.81. The Labute approximate surface area is 210 Å². The molecule has 2 aromatic heterocycles. The maximum absolute atomic E-state index is 11.8. The first-order valence-corrected chi connectivity index (χ1v) is 11.3. The second-order valence-electron chi connectivity index (χ2n) is 8.10. The number of carbonyl (C=O) groups is 1. The summed E-state index contributed by atoms with van der Waals surface area (Å²) < 4.78 is 12.8. The van der Waals surface area contributed by atoms with Gasteiger partial charge in [0, 0.05) is 13.0 Å². The highest BCUT2D eigenvalue weighted by Crippen LogP contribution is 2.39. The fourth-order valence-corrected chi connectivity index (χ4v) is 4.10. The van der Waals surface area contributed by atoms with Crippen LogP contribution in [0.25, 0.3) is 11.2 Å². The number of halogens is 1. The predicted molar refractivity (Wildman–Crippen MR) is 127 cm³/mol. The van der Waals surface area contributed by atoms with Gasteiger partial charge < -0.3 is 35.2 Å². The Hall–Kier alpha value is -3.31. The van der Waals surface area contributed by atoms with Crippen molar-refractivity contribution in [3.8, 4) is 12.3 Å². The number of carboxylic acid groups (broad SMARTS) is 1. The molecule has 1 aliphatic rings. The molecule has 190 valence electrons. The molecule has 0 amide bonds. The van der Waals surface area contributed by atoms with Crippen LogP contribution < -0.4 is 5.32 Å². The van der Waals surface area contributed by atoms with E-state index in [1.54, 1.807) is 24.3 Å². The van der Waals surface area contributed by atoms with Gasteiger partial charge in [-0.1, -0.05) is 36.3 Å². The van der Waals surface area contributed by atoms with Crippen molar-refractivity contribution in [3.05, 3.63) is 47.5 Å². The number of aromatic nitrogens is 4. The van der Waals surface area contributed by atoms with Crippen molar-refractivity contribution in [2.24, 2.45) is 0 Å². The molecule has 12 nitrogen and oxygen atoms in total. The highest BCUT2D eigenvalue weighted by molar-refractivity contribution is 6.28. The van der Waals surface area contributed by atoms with Gasteiger partial charge in [0.2, 0.25) is 5.28 Å². The molecule has 1 aliphatic heterocycles. The summed E-state index contributed by atoms with van der Waals surface area (Å²) in [5.41, 5.74) is -1.00. The second-order valence-corrected chi connectivity index (χ2v) is 8.43. The zero-order chi connectivity index (χ0) is 25.9. The number of hydrogen-bond acceptors (Lipinski definition) is 10. The van der Waals surface area contributed by atoms with Crippen LogP contribution in [0, 0.1) is 12.3 Å².